The van der Waals surface area contributed by atoms with E-state index in [2.05, 4.69) is 0 Å². The van der Waals surface area contributed by atoms with Crippen LogP contribution in [0.1, 0.15) is 12.7 Å². The molecule has 1 N–H and O–H groups in total. The molecule has 0 spiro atoms. The van der Waals surface area contributed by atoms with Crippen molar-refractivity contribution < 1.29 is 14.5 Å². The lowest BCUT2D eigenvalue weighted by molar-refractivity contribution is -0.678. The molecule has 0 aliphatic heterocycles. The Labute approximate surface area is 71.1 Å². The fourth-order valence-electron chi connectivity index (χ4n) is 1.20. The van der Waals surface area contributed by atoms with Gasteiger partial charge in [-0.3, -0.25) is 4.79 Å². The average Bonchev–Trinajstić information content (AvgIpc) is 2.32. The van der Waals surface area contributed by atoms with Gasteiger partial charge in [0.2, 0.25) is 0 Å². The zero-order valence-corrected chi connectivity index (χ0v) is 7.32. The van der Waals surface area contributed by atoms with Gasteiger partial charge >= 0.3 is 5.97 Å². The molecule has 0 unspecified atom stereocenters. The van der Waals surface area contributed by atoms with E-state index in [0.717, 1.165) is 12.4 Å². The molecule has 12 heavy (non-hydrogen) atoms. The Morgan fingerprint density at radius 2 is 2.42 bits per heavy atom. The molecule has 0 aliphatic carbocycles. The molecule has 0 aliphatic rings. The Bertz CT molecular complexity index is 291. The molecule has 1 rings (SSSR count). The highest BCUT2D eigenvalue weighted by Crippen LogP contribution is 1.95. The Kier molecular flexibility index (Phi) is 2.47. The predicted molar refractivity (Wildman–Crippen MR) is 42.6 cm³/mol. The quantitative estimate of drug-likeness (QED) is 0.645. The molecule has 0 saturated carbocycles. The molecule has 1 aromatic heterocycles. The summed E-state index contributed by atoms with van der Waals surface area (Å²) in [6.07, 6.45) is 3.83. The van der Waals surface area contributed by atoms with Gasteiger partial charge in [-0.1, -0.05) is 0 Å². The van der Waals surface area contributed by atoms with E-state index in [1.165, 1.54) is 0 Å². The van der Waals surface area contributed by atoms with Crippen LogP contribution in [0.4, 0.5) is 0 Å². The molecule has 66 valence electrons. The summed E-state index contributed by atoms with van der Waals surface area (Å²) in [5.41, 5.74) is 0. The molecule has 0 aromatic carbocycles. The molecule has 0 bridgehead atoms. The molecular weight excluding hydrogens is 156 g/mol. The number of carbonyl (C=O) groups is 1. The fraction of sp³-hybridized carbons (Fsp3) is 0.500. The van der Waals surface area contributed by atoms with Crippen molar-refractivity contribution in [2.45, 2.75) is 19.9 Å². The first kappa shape index (κ1) is 8.77. The van der Waals surface area contributed by atoms with Crippen LogP contribution in [0, 0.1) is 0 Å². The smallest absolute Gasteiger partial charge is 0.315 e. The summed E-state index contributed by atoms with van der Waals surface area (Å²) < 4.78 is 3.76. The predicted octanol–water partition coefficient (Wildman–Crippen LogP) is -0.0404. The second kappa shape index (κ2) is 3.38. The molecule has 1 heterocycles. The summed E-state index contributed by atoms with van der Waals surface area (Å²) in [6.45, 7) is 2.80. The van der Waals surface area contributed by atoms with E-state index in [4.69, 9.17) is 5.11 Å². The van der Waals surface area contributed by atoms with Crippen molar-refractivity contribution in [3.8, 4) is 0 Å². The van der Waals surface area contributed by atoms with Gasteiger partial charge in [-0.2, -0.15) is 0 Å². The number of aromatic nitrogens is 2. The minimum atomic E-state index is -0.793. The lowest BCUT2D eigenvalue weighted by atomic mass is 10.4. The number of hydrogen-bond donors (Lipinski definition) is 1. The number of carboxylic acid groups (broad SMARTS) is 1. The second-order valence-corrected chi connectivity index (χ2v) is 2.68. The highest BCUT2D eigenvalue weighted by molar-refractivity contribution is 5.68. The van der Waals surface area contributed by atoms with Crippen molar-refractivity contribution >= 4 is 5.97 Å². The Morgan fingerprint density at radius 1 is 1.75 bits per heavy atom. The number of hydrogen-bond acceptors (Lipinski definition) is 1. The fourth-order valence-corrected chi connectivity index (χ4v) is 1.20. The Morgan fingerprint density at radius 3 is 2.92 bits per heavy atom. The zero-order valence-electron chi connectivity index (χ0n) is 7.32. The van der Waals surface area contributed by atoms with Gasteiger partial charge in [-0.25, -0.2) is 9.13 Å². The van der Waals surface area contributed by atoms with Crippen LogP contribution in [0.3, 0.4) is 0 Å². The molecule has 0 saturated heterocycles. The molecule has 0 radical (unpaired) electrons. The van der Waals surface area contributed by atoms with Crippen LogP contribution in [0.15, 0.2) is 12.4 Å². The Hall–Kier alpha value is -1.32. The largest absolute Gasteiger partial charge is 0.481 e. The number of rotatable bonds is 3. The summed E-state index contributed by atoms with van der Waals surface area (Å²) in [4.78, 5) is 10.5. The van der Waals surface area contributed by atoms with E-state index in [9.17, 15) is 4.79 Å². The first-order chi connectivity index (χ1) is 5.65. The molecule has 1 aromatic rings. The van der Waals surface area contributed by atoms with Crippen LogP contribution in [0.2, 0.25) is 0 Å². The van der Waals surface area contributed by atoms with Crippen LogP contribution in [-0.2, 0) is 24.8 Å². The van der Waals surface area contributed by atoms with E-state index in [-0.39, 0.29) is 6.42 Å². The third kappa shape index (κ3) is 1.64. The number of nitrogens with zero attached hydrogens (tertiary/aromatic N) is 2. The zero-order chi connectivity index (χ0) is 9.14. The Balaban J connectivity index is 2.94. The maximum atomic E-state index is 10.5. The highest BCUT2D eigenvalue weighted by atomic mass is 16.4. The number of aryl methyl sites for hydroxylation is 2. The third-order valence-corrected chi connectivity index (χ3v) is 1.86. The average molecular weight is 169 g/mol. The first-order valence-corrected chi connectivity index (χ1v) is 3.90. The molecule has 4 heteroatoms. The van der Waals surface area contributed by atoms with E-state index >= 15 is 0 Å². The summed E-state index contributed by atoms with van der Waals surface area (Å²) in [6, 6.07) is 0. The van der Waals surface area contributed by atoms with Gasteiger partial charge < -0.3 is 5.11 Å². The normalized spacial score (nSPS) is 10.2. The lowest BCUT2D eigenvalue weighted by Gasteiger charge is -1.95. The standard InChI is InChI=1S/C8H12N2O2/c1-3-10-5-4-9(2)7(10)6-8(11)12/h4-5H,3,6H2,1-2H3/p+1. The SMILES string of the molecule is CCn1cc[n+](C)c1CC(=O)O. The van der Waals surface area contributed by atoms with Gasteiger partial charge in [-0.15, -0.1) is 0 Å². The van der Waals surface area contributed by atoms with Gasteiger partial charge in [0, 0.05) is 0 Å². The van der Waals surface area contributed by atoms with Crippen molar-refractivity contribution in [3.05, 3.63) is 18.2 Å². The van der Waals surface area contributed by atoms with E-state index < -0.39 is 5.97 Å². The minimum Gasteiger partial charge on any atom is -0.481 e. The van der Waals surface area contributed by atoms with Crippen LogP contribution in [0.25, 0.3) is 0 Å². The molecule has 0 amide bonds. The van der Waals surface area contributed by atoms with Gasteiger partial charge in [0.05, 0.1) is 13.6 Å². The van der Waals surface area contributed by atoms with Crippen LogP contribution >= 0.6 is 0 Å². The van der Waals surface area contributed by atoms with E-state index in [1.54, 1.807) is 0 Å². The molecular formula is C8H13N2O2+. The summed E-state index contributed by atoms with van der Waals surface area (Å²) >= 11 is 0. The monoisotopic (exact) mass is 169 g/mol. The topological polar surface area (TPSA) is 46.1 Å². The van der Waals surface area contributed by atoms with Crippen molar-refractivity contribution in [1.29, 1.82) is 0 Å². The third-order valence-electron chi connectivity index (χ3n) is 1.86. The van der Waals surface area contributed by atoms with Gasteiger partial charge in [0.1, 0.15) is 18.8 Å². The molecule has 4 nitrogen and oxygen atoms in total. The number of imidazole rings is 1. The van der Waals surface area contributed by atoms with Crippen molar-refractivity contribution in [2.75, 3.05) is 0 Å². The molecule has 0 atom stereocenters. The van der Waals surface area contributed by atoms with Crippen LogP contribution in [-0.4, -0.2) is 15.6 Å². The van der Waals surface area contributed by atoms with Gasteiger partial charge in [0.25, 0.3) is 5.82 Å². The molecule has 0 fully saturated rings. The maximum absolute atomic E-state index is 10.5. The van der Waals surface area contributed by atoms with Crippen molar-refractivity contribution in [3.63, 3.8) is 0 Å². The minimum absolute atomic E-state index is 0.0807. The number of aliphatic carboxylic acids is 1. The van der Waals surface area contributed by atoms with Crippen LogP contribution in [0.5, 0.6) is 0 Å². The summed E-state index contributed by atoms with van der Waals surface area (Å²) in [7, 11) is 1.85. The lowest BCUT2D eigenvalue weighted by Crippen LogP contribution is -2.33. The van der Waals surface area contributed by atoms with Crippen molar-refractivity contribution in [2.24, 2.45) is 7.05 Å². The van der Waals surface area contributed by atoms with E-state index in [0.29, 0.717) is 0 Å². The first-order valence-electron chi connectivity index (χ1n) is 3.90. The van der Waals surface area contributed by atoms with E-state index in [1.807, 2.05) is 35.5 Å². The van der Waals surface area contributed by atoms with Crippen LogP contribution < -0.4 is 4.57 Å². The second-order valence-electron chi connectivity index (χ2n) is 2.68. The summed E-state index contributed by atoms with van der Waals surface area (Å²) in [5, 5.41) is 8.60. The number of carboxylic acids is 1. The van der Waals surface area contributed by atoms with Crippen molar-refractivity contribution in [1.82, 2.24) is 4.57 Å². The summed E-state index contributed by atoms with van der Waals surface area (Å²) in [5.74, 6) is 0.0315. The van der Waals surface area contributed by atoms with Gasteiger partial charge in [0.15, 0.2) is 0 Å². The maximum Gasteiger partial charge on any atom is 0.315 e. The van der Waals surface area contributed by atoms with Gasteiger partial charge in [-0.05, 0) is 6.92 Å². The highest BCUT2D eigenvalue weighted by Gasteiger charge is 2.16.